The fourth-order valence-corrected chi connectivity index (χ4v) is 3.82. The van der Waals surface area contributed by atoms with Gasteiger partial charge in [-0.1, -0.05) is 0 Å². The predicted molar refractivity (Wildman–Crippen MR) is 99.9 cm³/mol. The van der Waals surface area contributed by atoms with Gasteiger partial charge in [0.2, 0.25) is 0 Å². The van der Waals surface area contributed by atoms with Crippen LogP contribution < -0.4 is 10.6 Å². The SMILES string of the molecule is CN=C(NCCCNC(=O)c1occc1C)N1CCSC(C)(C)C1. The zero-order chi connectivity index (χ0) is 17.6. The highest BCUT2D eigenvalue weighted by Gasteiger charge is 2.28. The Morgan fingerprint density at radius 1 is 1.42 bits per heavy atom. The zero-order valence-corrected chi connectivity index (χ0v) is 15.8. The lowest BCUT2D eigenvalue weighted by Crippen LogP contribution is -2.51. The van der Waals surface area contributed by atoms with Crippen molar-refractivity contribution in [2.45, 2.75) is 31.9 Å². The molecule has 1 fully saturated rings. The van der Waals surface area contributed by atoms with Crippen molar-refractivity contribution >= 4 is 23.6 Å². The van der Waals surface area contributed by atoms with E-state index in [1.807, 2.05) is 25.7 Å². The molecule has 1 aliphatic heterocycles. The molecule has 6 nitrogen and oxygen atoms in total. The number of rotatable bonds is 5. The summed E-state index contributed by atoms with van der Waals surface area (Å²) >= 11 is 2.01. The number of nitrogens with one attached hydrogen (secondary N) is 2. The molecule has 0 unspecified atom stereocenters. The summed E-state index contributed by atoms with van der Waals surface area (Å²) < 4.78 is 5.44. The number of aliphatic imine (C=N–C) groups is 1. The molecule has 0 aromatic carbocycles. The summed E-state index contributed by atoms with van der Waals surface area (Å²) in [6.07, 6.45) is 2.37. The number of thioether (sulfide) groups is 1. The smallest absolute Gasteiger partial charge is 0.287 e. The number of aryl methyl sites for hydroxylation is 1. The van der Waals surface area contributed by atoms with Crippen molar-refractivity contribution in [3.63, 3.8) is 0 Å². The summed E-state index contributed by atoms with van der Waals surface area (Å²) in [7, 11) is 1.82. The summed E-state index contributed by atoms with van der Waals surface area (Å²) in [6.45, 7) is 9.78. The average molecular weight is 353 g/mol. The van der Waals surface area contributed by atoms with Crippen molar-refractivity contribution in [3.8, 4) is 0 Å². The number of amides is 1. The first-order valence-corrected chi connectivity index (χ1v) is 9.33. The van der Waals surface area contributed by atoms with Gasteiger partial charge in [-0.15, -0.1) is 0 Å². The maximum absolute atomic E-state index is 11.9. The monoisotopic (exact) mass is 352 g/mol. The van der Waals surface area contributed by atoms with Gasteiger partial charge in [0.25, 0.3) is 5.91 Å². The lowest BCUT2D eigenvalue weighted by atomic mass is 10.2. The van der Waals surface area contributed by atoms with E-state index in [0.717, 1.165) is 43.3 Å². The average Bonchev–Trinajstić information content (AvgIpc) is 2.96. The second-order valence-electron chi connectivity index (χ2n) is 6.55. The van der Waals surface area contributed by atoms with Crippen molar-refractivity contribution in [3.05, 3.63) is 23.7 Å². The van der Waals surface area contributed by atoms with Crippen LogP contribution in [0.2, 0.25) is 0 Å². The van der Waals surface area contributed by atoms with E-state index < -0.39 is 0 Å². The highest BCUT2D eigenvalue weighted by Crippen LogP contribution is 2.29. The van der Waals surface area contributed by atoms with E-state index in [1.54, 1.807) is 6.07 Å². The summed E-state index contributed by atoms with van der Waals surface area (Å²) in [5, 5.41) is 6.27. The first kappa shape index (κ1) is 18.7. The van der Waals surface area contributed by atoms with Crippen molar-refractivity contribution < 1.29 is 9.21 Å². The fourth-order valence-electron chi connectivity index (χ4n) is 2.71. The van der Waals surface area contributed by atoms with Crippen LogP contribution in [0.5, 0.6) is 0 Å². The Hall–Kier alpha value is -1.63. The Labute approximate surface area is 148 Å². The van der Waals surface area contributed by atoms with Crippen LogP contribution in [0.25, 0.3) is 0 Å². The Kier molecular flexibility index (Phi) is 6.60. The molecule has 0 atom stereocenters. The van der Waals surface area contributed by atoms with Crippen LogP contribution in [-0.4, -0.2) is 60.5 Å². The topological polar surface area (TPSA) is 69.9 Å². The molecule has 2 rings (SSSR count). The molecule has 1 amide bonds. The number of carbonyl (C=O) groups is 1. The van der Waals surface area contributed by atoms with E-state index in [-0.39, 0.29) is 10.7 Å². The highest BCUT2D eigenvalue weighted by atomic mass is 32.2. The van der Waals surface area contributed by atoms with Gasteiger partial charge in [0.1, 0.15) is 0 Å². The molecule has 1 aromatic rings. The van der Waals surface area contributed by atoms with Crippen LogP contribution in [0.1, 0.15) is 36.4 Å². The maximum Gasteiger partial charge on any atom is 0.287 e. The van der Waals surface area contributed by atoms with E-state index in [1.165, 1.54) is 6.26 Å². The van der Waals surface area contributed by atoms with Crippen molar-refractivity contribution in [1.29, 1.82) is 0 Å². The molecule has 0 radical (unpaired) electrons. The Morgan fingerprint density at radius 2 is 2.17 bits per heavy atom. The third-order valence-electron chi connectivity index (χ3n) is 3.93. The van der Waals surface area contributed by atoms with Crippen LogP contribution in [-0.2, 0) is 0 Å². The van der Waals surface area contributed by atoms with Crippen molar-refractivity contribution in [1.82, 2.24) is 15.5 Å². The molecular weight excluding hydrogens is 324 g/mol. The van der Waals surface area contributed by atoms with Gasteiger partial charge >= 0.3 is 0 Å². The Balaban J connectivity index is 1.69. The van der Waals surface area contributed by atoms with E-state index in [2.05, 4.69) is 34.4 Å². The van der Waals surface area contributed by atoms with E-state index >= 15 is 0 Å². The van der Waals surface area contributed by atoms with Gasteiger partial charge in [-0.05, 0) is 33.3 Å². The molecule has 0 bridgehead atoms. The fraction of sp³-hybridized carbons (Fsp3) is 0.647. The molecule has 2 N–H and O–H groups in total. The minimum Gasteiger partial charge on any atom is -0.459 e. The van der Waals surface area contributed by atoms with Crippen LogP contribution in [0.3, 0.4) is 0 Å². The number of hydrogen-bond acceptors (Lipinski definition) is 4. The lowest BCUT2D eigenvalue weighted by Gasteiger charge is -2.39. The molecule has 0 saturated carbocycles. The van der Waals surface area contributed by atoms with Gasteiger partial charge < -0.3 is 20.0 Å². The lowest BCUT2D eigenvalue weighted by molar-refractivity contribution is 0.0925. The minimum atomic E-state index is -0.156. The van der Waals surface area contributed by atoms with Gasteiger partial charge in [0, 0.05) is 49.3 Å². The molecule has 1 saturated heterocycles. The van der Waals surface area contributed by atoms with Crippen molar-refractivity contribution in [2.75, 3.05) is 39.0 Å². The van der Waals surface area contributed by atoms with E-state index in [4.69, 9.17) is 4.42 Å². The molecule has 134 valence electrons. The third-order valence-corrected chi connectivity index (χ3v) is 5.22. The molecule has 0 spiro atoms. The van der Waals surface area contributed by atoms with Crippen LogP contribution in [0, 0.1) is 6.92 Å². The second kappa shape index (κ2) is 8.46. The molecule has 0 aliphatic carbocycles. The van der Waals surface area contributed by atoms with Crippen LogP contribution in [0.15, 0.2) is 21.7 Å². The highest BCUT2D eigenvalue weighted by molar-refractivity contribution is 8.00. The van der Waals surface area contributed by atoms with Gasteiger partial charge in [-0.3, -0.25) is 9.79 Å². The van der Waals surface area contributed by atoms with Crippen LogP contribution in [0.4, 0.5) is 0 Å². The Bertz CT molecular complexity index is 583. The number of furan rings is 1. The summed E-state index contributed by atoms with van der Waals surface area (Å²) in [5.41, 5.74) is 0.858. The summed E-state index contributed by atoms with van der Waals surface area (Å²) in [6, 6.07) is 1.79. The first-order valence-electron chi connectivity index (χ1n) is 8.35. The Morgan fingerprint density at radius 3 is 2.79 bits per heavy atom. The number of carbonyl (C=O) groups excluding carboxylic acids is 1. The normalized spacial score (nSPS) is 17.7. The largest absolute Gasteiger partial charge is 0.459 e. The van der Waals surface area contributed by atoms with Gasteiger partial charge in [0.15, 0.2) is 11.7 Å². The van der Waals surface area contributed by atoms with Gasteiger partial charge in [-0.2, -0.15) is 11.8 Å². The second-order valence-corrected chi connectivity index (χ2v) is 8.35. The summed E-state index contributed by atoms with van der Waals surface area (Å²) in [4.78, 5) is 18.6. The third kappa shape index (κ3) is 5.19. The predicted octanol–water partition coefficient (Wildman–Crippen LogP) is 2.11. The number of hydrogen-bond donors (Lipinski definition) is 2. The molecule has 1 aliphatic rings. The standard InChI is InChI=1S/C17H28N4O2S/c1-13-6-10-23-14(13)15(22)19-7-5-8-20-16(18-4)21-9-11-24-17(2,3)12-21/h6,10H,5,7-9,11-12H2,1-4H3,(H,18,20)(H,19,22). The molecule has 2 heterocycles. The quantitative estimate of drug-likeness (QED) is 0.482. The van der Waals surface area contributed by atoms with Crippen LogP contribution >= 0.6 is 11.8 Å². The number of nitrogens with zero attached hydrogens (tertiary/aromatic N) is 2. The van der Waals surface area contributed by atoms with Crippen molar-refractivity contribution in [2.24, 2.45) is 4.99 Å². The summed E-state index contributed by atoms with van der Waals surface area (Å²) in [5.74, 6) is 2.30. The molecular formula is C17H28N4O2S. The number of guanidine groups is 1. The minimum absolute atomic E-state index is 0.156. The van der Waals surface area contributed by atoms with Gasteiger partial charge in [-0.25, -0.2) is 0 Å². The zero-order valence-electron chi connectivity index (χ0n) is 15.0. The van der Waals surface area contributed by atoms with E-state index in [9.17, 15) is 4.79 Å². The van der Waals surface area contributed by atoms with Gasteiger partial charge in [0.05, 0.1) is 6.26 Å². The van der Waals surface area contributed by atoms with E-state index in [0.29, 0.717) is 12.3 Å². The molecule has 7 heteroatoms. The molecule has 24 heavy (non-hydrogen) atoms. The first-order chi connectivity index (χ1) is 11.4. The maximum atomic E-state index is 11.9. The molecule has 1 aromatic heterocycles.